The molecule has 0 unspecified atom stereocenters. The van der Waals surface area contributed by atoms with Gasteiger partial charge >= 0.3 is 0 Å². The molecule has 4 nitrogen and oxygen atoms in total. The van der Waals surface area contributed by atoms with Gasteiger partial charge in [0.15, 0.2) is 5.82 Å². The van der Waals surface area contributed by atoms with Gasteiger partial charge in [0.1, 0.15) is 5.82 Å². The third-order valence-electron chi connectivity index (χ3n) is 2.15. The molecule has 4 heteroatoms. The summed E-state index contributed by atoms with van der Waals surface area (Å²) in [5, 5.41) is 10.1. The Morgan fingerprint density at radius 2 is 1.93 bits per heavy atom. The van der Waals surface area contributed by atoms with Gasteiger partial charge in [0.25, 0.3) is 0 Å². The summed E-state index contributed by atoms with van der Waals surface area (Å²) in [7, 11) is 0. The van der Waals surface area contributed by atoms with Gasteiger partial charge in [0, 0.05) is 5.69 Å². The summed E-state index contributed by atoms with van der Waals surface area (Å²) in [4.78, 5) is 4.21. The summed E-state index contributed by atoms with van der Waals surface area (Å²) in [6, 6.07) is 8.25. The van der Waals surface area contributed by atoms with Crippen LogP contribution in [0.15, 0.2) is 24.3 Å². The highest BCUT2D eigenvalue weighted by molar-refractivity contribution is 5.44. The minimum absolute atomic E-state index is 0.646. The molecule has 2 aromatic rings. The lowest BCUT2D eigenvalue weighted by molar-refractivity contribution is 0.953. The SMILES string of the molecule is Cc1ccc(NCc2n[nH]c(C)n2)cc1. The molecule has 2 N–H and O–H groups in total. The van der Waals surface area contributed by atoms with Gasteiger partial charge in [0.05, 0.1) is 6.54 Å². The summed E-state index contributed by atoms with van der Waals surface area (Å²) in [6.07, 6.45) is 0. The van der Waals surface area contributed by atoms with Gasteiger partial charge in [-0.05, 0) is 26.0 Å². The van der Waals surface area contributed by atoms with E-state index in [9.17, 15) is 0 Å². The molecule has 15 heavy (non-hydrogen) atoms. The molecule has 0 aliphatic carbocycles. The van der Waals surface area contributed by atoms with Crippen LogP contribution >= 0.6 is 0 Å². The fraction of sp³-hybridized carbons (Fsp3) is 0.273. The number of H-pyrrole nitrogens is 1. The predicted octanol–water partition coefficient (Wildman–Crippen LogP) is 2.03. The maximum absolute atomic E-state index is 4.21. The highest BCUT2D eigenvalue weighted by Gasteiger charge is 1.98. The van der Waals surface area contributed by atoms with E-state index in [4.69, 9.17) is 0 Å². The number of hydrogen-bond acceptors (Lipinski definition) is 3. The van der Waals surface area contributed by atoms with Crippen molar-refractivity contribution in [2.75, 3.05) is 5.32 Å². The Kier molecular flexibility index (Phi) is 2.67. The van der Waals surface area contributed by atoms with E-state index in [1.807, 2.05) is 6.92 Å². The first-order valence-corrected chi connectivity index (χ1v) is 4.92. The van der Waals surface area contributed by atoms with Crippen molar-refractivity contribution < 1.29 is 0 Å². The van der Waals surface area contributed by atoms with E-state index in [1.54, 1.807) is 0 Å². The molecule has 78 valence electrons. The van der Waals surface area contributed by atoms with Gasteiger partial charge in [-0.3, -0.25) is 5.10 Å². The second-order valence-electron chi connectivity index (χ2n) is 3.56. The molecular weight excluding hydrogens is 188 g/mol. The number of rotatable bonds is 3. The van der Waals surface area contributed by atoms with Crippen molar-refractivity contribution in [3.05, 3.63) is 41.5 Å². The highest BCUT2D eigenvalue weighted by Crippen LogP contribution is 2.09. The minimum atomic E-state index is 0.646. The van der Waals surface area contributed by atoms with Crippen LogP contribution in [-0.4, -0.2) is 15.2 Å². The first-order valence-electron chi connectivity index (χ1n) is 4.92. The molecule has 0 aliphatic rings. The Bertz CT molecular complexity index is 430. The van der Waals surface area contributed by atoms with Gasteiger partial charge in [0.2, 0.25) is 0 Å². The molecule has 0 amide bonds. The number of anilines is 1. The number of aromatic amines is 1. The maximum atomic E-state index is 4.21. The van der Waals surface area contributed by atoms with Crippen LogP contribution in [-0.2, 0) is 6.54 Å². The number of benzene rings is 1. The Hall–Kier alpha value is -1.84. The van der Waals surface area contributed by atoms with Crippen molar-refractivity contribution in [2.45, 2.75) is 20.4 Å². The largest absolute Gasteiger partial charge is 0.378 e. The van der Waals surface area contributed by atoms with Crippen LogP contribution in [0.3, 0.4) is 0 Å². The Labute approximate surface area is 88.8 Å². The van der Waals surface area contributed by atoms with Crippen molar-refractivity contribution in [3.63, 3.8) is 0 Å². The van der Waals surface area contributed by atoms with Gasteiger partial charge in [-0.2, -0.15) is 5.10 Å². The van der Waals surface area contributed by atoms with E-state index in [0.717, 1.165) is 17.3 Å². The molecule has 0 saturated carbocycles. The van der Waals surface area contributed by atoms with E-state index >= 15 is 0 Å². The van der Waals surface area contributed by atoms with E-state index in [-0.39, 0.29) is 0 Å². The van der Waals surface area contributed by atoms with Crippen molar-refractivity contribution in [2.24, 2.45) is 0 Å². The third kappa shape index (κ3) is 2.56. The van der Waals surface area contributed by atoms with Gasteiger partial charge in [-0.25, -0.2) is 4.98 Å². The predicted molar refractivity (Wildman–Crippen MR) is 59.6 cm³/mol. The summed E-state index contributed by atoms with van der Waals surface area (Å²) in [5.74, 6) is 1.63. The molecular formula is C11H14N4. The number of nitrogens with zero attached hydrogens (tertiary/aromatic N) is 2. The van der Waals surface area contributed by atoms with Crippen LogP contribution < -0.4 is 5.32 Å². The lowest BCUT2D eigenvalue weighted by Gasteiger charge is -2.03. The van der Waals surface area contributed by atoms with E-state index in [1.165, 1.54) is 5.56 Å². The van der Waals surface area contributed by atoms with Gasteiger partial charge in [-0.1, -0.05) is 17.7 Å². The molecule has 0 spiro atoms. The minimum Gasteiger partial charge on any atom is -0.378 e. The van der Waals surface area contributed by atoms with Crippen LogP contribution in [0.25, 0.3) is 0 Å². The lowest BCUT2D eigenvalue weighted by Crippen LogP contribution is -2.01. The standard InChI is InChI=1S/C11H14N4/c1-8-3-5-10(6-4-8)12-7-11-13-9(2)14-15-11/h3-6,12H,7H2,1-2H3,(H,13,14,15). The second kappa shape index (κ2) is 4.13. The normalized spacial score (nSPS) is 10.3. The van der Waals surface area contributed by atoms with E-state index < -0.39 is 0 Å². The van der Waals surface area contributed by atoms with Crippen molar-refractivity contribution in [1.82, 2.24) is 15.2 Å². The van der Waals surface area contributed by atoms with Gasteiger partial charge in [-0.15, -0.1) is 0 Å². The smallest absolute Gasteiger partial charge is 0.169 e. The molecule has 0 fully saturated rings. The van der Waals surface area contributed by atoms with Crippen LogP contribution in [0.5, 0.6) is 0 Å². The number of nitrogens with one attached hydrogen (secondary N) is 2. The zero-order valence-electron chi connectivity index (χ0n) is 8.91. The third-order valence-corrected chi connectivity index (χ3v) is 2.15. The summed E-state index contributed by atoms with van der Waals surface area (Å²) < 4.78 is 0. The van der Waals surface area contributed by atoms with Crippen LogP contribution in [0.2, 0.25) is 0 Å². The number of aromatic nitrogens is 3. The van der Waals surface area contributed by atoms with Crippen LogP contribution in [0.4, 0.5) is 5.69 Å². The molecule has 0 bridgehead atoms. The Balaban J connectivity index is 1.96. The number of aryl methyl sites for hydroxylation is 2. The van der Waals surface area contributed by atoms with Crippen LogP contribution in [0, 0.1) is 13.8 Å². The summed E-state index contributed by atoms with van der Waals surface area (Å²) in [6.45, 7) is 4.61. The zero-order chi connectivity index (χ0) is 10.7. The summed E-state index contributed by atoms with van der Waals surface area (Å²) >= 11 is 0. The molecule has 0 aliphatic heterocycles. The maximum Gasteiger partial charge on any atom is 0.169 e. The lowest BCUT2D eigenvalue weighted by atomic mass is 10.2. The number of hydrogen-bond donors (Lipinski definition) is 2. The van der Waals surface area contributed by atoms with Crippen molar-refractivity contribution in [3.8, 4) is 0 Å². The molecule has 0 atom stereocenters. The first-order chi connectivity index (χ1) is 7.24. The molecule has 1 heterocycles. The topological polar surface area (TPSA) is 53.6 Å². The van der Waals surface area contributed by atoms with E-state index in [0.29, 0.717) is 6.54 Å². The fourth-order valence-corrected chi connectivity index (χ4v) is 1.32. The van der Waals surface area contributed by atoms with Crippen LogP contribution in [0.1, 0.15) is 17.2 Å². The summed E-state index contributed by atoms with van der Waals surface area (Å²) in [5.41, 5.74) is 2.34. The average molecular weight is 202 g/mol. The molecule has 0 saturated heterocycles. The highest BCUT2D eigenvalue weighted by atomic mass is 15.2. The van der Waals surface area contributed by atoms with Crippen molar-refractivity contribution >= 4 is 5.69 Å². The molecule has 0 radical (unpaired) electrons. The molecule has 1 aromatic carbocycles. The Morgan fingerprint density at radius 3 is 2.53 bits per heavy atom. The van der Waals surface area contributed by atoms with E-state index in [2.05, 4.69) is 51.7 Å². The second-order valence-corrected chi connectivity index (χ2v) is 3.56. The quantitative estimate of drug-likeness (QED) is 0.800. The average Bonchev–Trinajstić information content (AvgIpc) is 2.64. The van der Waals surface area contributed by atoms with Gasteiger partial charge < -0.3 is 5.32 Å². The monoisotopic (exact) mass is 202 g/mol. The molecule has 1 aromatic heterocycles. The Morgan fingerprint density at radius 1 is 1.20 bits per heavy atom. The zero-order valence-corrected chi connectivity index (χ0v) is 8.91. The fourth-order valence-electron chi connectivity index (χ4n) is 1.32. The van der Waals surface area contributed by atoms with Crippen molar-refractivity contribution in [1.29, 1.82) is 0 Å². The molecule has 2 rings (SSSR count). The first kappa shape index (κ1) is 9.71.